The number of hydrogen-bond donors (Lipinski definition) is 1. The van der Waals surface area contributed by atoms with Gasteiger partial charge in [0.2, 0.25) is 0 Å². The van der Waals surface area contributed by atoms with Crippen molar-refractivity contribution in [3.05, 3.63) is 95.3 Å². The monoisotopic (exact) mass is 387 g/mol. The number of carbonyl (C=O) groups is 1. The summed E-state index contributed by atoms with van der Waals surface area (Å²) in [6, 6.07) is 24.5. The predicted molar refractivity (Wildman–Crippen MR) is 110 cm³/mol. The van der Waals surface area contributed by atoms with Crippen LogP contribution in [-0.4, -0.2) is 12.5 Å². The summed E-state index contributed by atoms with van der Waals surface area (Å²) >= 11 is 0. The summed E-state index contributed by atoms with van der Waals surface area (Å²) in [5.41, 5.74) is 0.494. The maximum Gasteiger partial charge on any atom is 0.336 e. The minimum atomic E-state index is -0.442. The lowest BCUT2D eigenvalue weighted by Crippen LogP contribution is -2.20. The van der Waals surface area contributed by atoms with E-state index in [-0.39, 0.29) is 12.5 Å². The van der Waals surface area contributed by atoms with Gasteiger partial charge in [-0.15, -0.1) is 0 Å². The molecule has 0 fully saturated rings. The zero-order valence-electron chi connectivity index (χ0n) is 15.3. The Hall–Kier alpha value is -4.06. The Morgan fingerprint density at radius 1 is 0.862 bits per heavy atom. The molecule has 0 aliphatic carbocycles. The van der Waals surface area contributed by atoms with Gasteiger partial charge in [0.25, 0.3) is 5.91 Å². The van der Waals surface area contributed by atoms with Crippen LogP contribution in [0.5, 0.6) is 17.2 Å². The van der Waals surface area contributed by atoms with E-state index in [4.69, 9.17) is 13.9 Å². The molecule has 0 aliphatic rings. The van der Waals surface area contributed by atoms with Gasteiger partial charge in [0.15, 0.2) is 12.4 Å². The standard InChI is InChI=1S/C23H17NO5/c25-22(15-27-18-12-10-16-11-13-23(26)29-21(16)14-18)24-19-8-4-5-9-20(19)28-17-6-2-1-3-7-17/h1-14H,15H2,(H,24,25). The Kier molecular flexibility index (Phi) is 5.25. The minimum Gasteiger partial charge on any atom is -0.484 e. The van der Waals surface area contributed by atoms with Crippen LogP contribution < -0.4 is 20.4 Å². The highest BCUT2D eigenvalue weighted by Gasteiger charge is 2.10. The highest BCUT2D eigenvalue weighted by molar-refractivity contribution is 5.93. The summed E-state index contributed by atoms with van der Waals surface area (Å²) in [5.74, 6) is 1.28. The van der Waals surface area contributed by atoms with Crippen LogP contribution in [0.15, 0.2) is 94.1 Å². The first-order valence-corrected chi connectivity index (χ1v) is 8.96. The molecule has 0 saturated carbocycles. The molecule has 0 aliphatic heterocycles. The molecule has 4 aromatic rings. The Balaban J connectivity index is 1.42. The molecule has 0 atom stereocenters. The molecule has 0 saturated heterocycles. The molecule has 0 spiro atoms. The summed E-state index contributed by atoms with van der Waals surface area (Å²) in [7, 11) is 0. The normalized spacial score (nSPS) is 10.5. The lowest BCUT2D eigenvalue weighted by atomic mass is 10.2. The van der Waals surface area contributed by atoms with E-state index < -0.39 is 5.63 Å². The molecule has 6 nitrogen and oxygen atoms in total. The molecule has 0 bridgehead atoms. The van der Waals surface area contributed by atoms with E-state index in [9.17, 15) is 9.59 Å². The molecular weight excluding hydrogens is 370 g/mol. The summed E-state index contributed by atoms with van der Waals surface area (Å²) < 4.78 is 16.5. The van der Waals surface area contributed by atoms with Gasteiger partial charge in [-0.2, -0.15) is 0 Å². The van der Waals surface area contributed by atoms with Crippen molar-refractivity contribution in [1.82, 2.24) is 0 Å². The molecule has 144 valence electrons. The molecule has 1 heterocycles. The van der Waals surface area contributed by atoms with Gasteiger partial charge in [-0.3, -0.25) is 4.79 Å². The second-order valence-electron chi connectivity index (χ2n) is 6.20. The highest BCUT2D eigenvalue weighted by Crippen LogP contribution is 2.29. The zero-order valence-corrected chi connectivity index (χ0v) is 15.3. The van der Waals surface area contributed by atoms with E-state index in [1.165, 1.54) is 6.07 Å². The van der Waals surface area contributed by atoms with Crippen LogP contribution in [0.1, 0.15) is 0 Å². The van der Waals surface area contributed by atoms with Crippen LogP contribution in [0.3, 0.4) is 0 Å². The van der Waals surface area contributed by atoms with Crippen LogP contribution in [0.2, 0.25) is 0 Å². The summed E-state index contributed by atoms with van der Waals surface area (Å²) in [6.45, 7) is -0.206. The van der Waals surface area contributed by atoms with Gasteiger partial charge in [0.1, 0.15) is 17.1 Å². The molecular formula is C23H17NO5. The lowest BCUT2D eigenvalue weighted by Gasteiger charge is -2.12. The minimum absolute atomic E-state index is 0.206. The Bertz CT molecular complexity index is 1200. The molecule has 29 heavy (non-hydrogen) atoms. The zero-order chi connectivity index (χ0) is 20.1. The number of carbonyl (C=O) groups excluding carboxylic acids is 1. The first-order valence-electron chi connectivity index (χ1n) is 8.96. The fraction of sp³-hybridized carbons (Fsp3) is 0.0435. The number of benzene rings is 3. The Morgan fingerprint density at radius 2 is 1.62 bits per heavy atom. The average Bonchev–Trinajstić information content (AvgIpc) is 2.74. The van der Waals surface area contributed by atoms with Crippen molar-refractivity contribution >= 4 is 22.6 Å². The van der Waals surface area contributed by atoms with Gasteiger partial charge in [0.05, 0.1) is 5.69 Å². The van der Waals surface area contributed by atoms with Gasteiger partial charge in [0, 0.05) is 17.5 Å². The van der Waals surface area contributed by atoms with Gasteiger partial charge < -0.3 is 19.2 Å². The number of hydrogen-bond acceptors (Lipinski definition) is 5. The van der Waals surface area contributed by atoms with Gasteiger partial charge >= 0.3 is 5.63 Å². The second kappa shape index (κ2) is 8.31. The number of ether oxygens (including phenoxy) is 2. The molecule has 1 aromatic heterocycles. The molecule has 0 radical (unpaired) electrons. The van der Waals surface area contributed by atoms with Gasteiger partial charge in [-0.05, 0) is 42.5 Å². The summed E-state index contributed by atoms with van der Waals surface area (Å²) in [5, 5.41) is 3.56. The van der Waals surface area contributed by atoms with Crippen molar-refractivity contribution in [1.29, 1.82) is 0 Å². The van der Waals surface area contributed by atoms with Crippen molar-refractivity contribution in [2.75, 3.05) is 11.9 Å². The number of anilines is 1. The van der Waals surface area contributed by atoms with Crippen molar-refractivity contribution in [3.8, 4) is 17.2 Å². The van der Waals surface area contributed by atoms with E-state index in [1.807, 2.05) is 36.4 Å². The average molecular weight is 387 g/mol. The number of para-hydroxylation sites is 3. The molecule has 4 rings (SSSR count). The van der Waals surface area contributed by atoms with E-state index in [0.29, 0.717) is 28.5 Å². The van der Waals surface area contributed by atoms with Crippen LogP contribution in [0, 0.1) is 0 Å². The SMILES string of the molecule is O=C(COc1ccc2ccc(=O)oc2c1)Nc1ccccc1Oc1ccccc1. The van der Waals surface area contributed by atoms with Crippen molar-refractivity contribution in [2.24, 2.45) is 0 Å². The fourth-order valence-corrected chi connectivity index (χ4v) is 2.74. The van der Waals surface area contributed by atoms with E-state index in [1.54, 1.807) is 42.5 Å². The number of amides is 1. The van der Waals surface area contributed by atoms with Gasteiger partial charge in [-0.1, -0.05) is 30.3 Å². The Morgan fingerprint density at radius 3 is 2.48 bits per heavy atom. The lowest BCUT2D eigenvalue weighted by molar-refractivity contribution is -0.118. The van der Waals surface area contributed by atoms with Crippen LogP contribution >= 0.6 is 0 Å². The van der Waals surface area contributed by atoms with Crippen LogP contribution in [0.4, 0.5) is 5.69 Å². The third-order valence-corrected chi connectivity index (χ3v) is 4.10. The number of nitrogens with one attached hydrogen (secondary N) is 1. The Labute approximate surface area is 166 Å². The second-order valence-corrected chi connectivity index (χ2v) is 6.20. The highest BCUT2D eigenvalue weighted by atomic mass is 16.5. The first kappa shape index (κ1) is 18.3. The van der Waals surface area contributed by atoms with Crippen LogP contribution in [0.25, 0.3) is 11.0 Å². The summed E-state index contributed by atoms with van der Waals surface area (Å²) in [4.78, 5) is 23.7. The third-order valence-electron chi connectivity index (χ3n) is 4.10. The number of rotatable bonds is 6. The maximum absolute atomic E-state index is 12.3. The number of fused-ring (bicyclic) bond motifs is 1. The van der Waals surface area contributed by atoms with Gasteiger partial charge in [-0.25, -0.2) is 4.79 Å². The fourth-order valence-electron chi connectivity index (χ4n) is 2.74. The van der Waals surface area contributed by atoms with Crippen LogP contribution in [-0.2, 0) is 4.79 Å². The quantitative estimate of drug-likeness (QED) is 0.489. The largest absolute Gasteiger partial charge is 0.484 e. The molecule has 1 N–H and O–H groups in total. The maximum atomic E-state index is 12.3. The third kappa shape index (κ3) is 4.62. The van der Waals surface area contributed by atoms with E-state index in [0.717, 1.165) is 5.39 Å². The van der Waals surface area contributed by atoms with Crippen molar-refractivity contribution in [2.45, 2.75) is 0 Å². The summed E-state index contributed by atoms with van der Waals surface area (Å²) in [6.07, 6.45) is 0. The van der Waals surface area contributed by atoms with Crippen molar-refractivity contribution < 1.29 is 18.7 Å². The topological polar surface area (TPSA) is 77.8 Å². The predicted octanol–water partition coefficient (Wildman–Crippen LogP) is 4.60. The first-order chi connectivity index (χ1) is 14.2. The van der Waals surface area contributed by atoms with E-state index in [2.05, 4.69) is 5.32 Å². The van der Waals surface area contributed by atoms with Crippen molar-refractivity contribution in [3.63, 3.8) is 0 Å². The molecule has 6 heteroatoms. The van der Waals surface area contributed by atoms with E-state index >= 15 is 0 Å². The smallest absolute Gasteiger partial charge is 0.336 e. The molecule has 1 amide bonds. The molecule has 3 aromatic carbocycles. The molecule has 0 unspecified atom stereocenters.